The number of hydrogen-bond donors (Lipinski definition) is 0. The molecule has 0 aromatic carbocycles. The van der Waals surface area contributed by atoms with Crippen molar-refractivity contribution in [2.75, 3.05) is 0 Å². The fourth-order valence-electron chi connectivity index (χ4n) is 0.448. The molecule has 0 nitrogen and oxygen atoms in total. The summed E-state index contributed by atoms with van der Waals surface area (Å²) >= 11 is 2.92. The minimum absolute atomic E-state index is 0.000000000000000222. The highest BCUT2D eigenvalue weighted by Gasteiger charge is 2.25. The summed E-state index contributed by atoms with van der Waals surface area (Å²) in [5.74, 6) is 0.263. The lowest BCUT2D eigenvalue weighted by atomic mass is 10.4. The number of halogens is 2. The zero-order chi connectivity index (χ0) is 5.28. The van der Waals surface area contributed by atoms with Gasteiger partial charge in [0.25, 0.3) is 0 Å². The van der Waals surface area contributed by atoms with Gasteiger partial charge in [0.05, 0.1) is 0 Å². The molecular formula is C5H6BrF. The molecule has 2 heteroatoms. The van der Waals surface area contributed by atoms with Gasteiger partial charge in [-0.25, -0.2) is 4.39 Å². The molecule has 1 aliphatic rings. The van der Waals surface area contributed by atoms with Crippen LogP contribution in [0.15, 0.2) is 10.8 Å². The van der Waals surface area contributed by atoms with E-state index in [-0.39, 0.29) is 11.7 Å². The quantitative estimate of drug-likeness (QED) is 0.560. The molecule has 40 valence electrons. The van der Waals surface area contributed by atoms with Crippen LogP contribution in [0.5, 0.6) is 0 Å². The van der Waals surface area contributed by atoms with Gasteiger partial charge in [-0.15, -0.1) is 0 Å². The molecule has 1 saturated carbocycles. The molecule has 0 heterocycles. The van der Waals surface area contributed by atoms with E-state index in [9.17, 15) is 4.39 Å². The van der Waals surface area contributed by atoms with Crippen molar-refractivity contribution < 1.29 is 4.39 Å². The Bertz CT molecular complexity index is 94.3. The van der Waals surface area contributed by atoms with Crippen molar-refractivity contribution in [3.05, 3.63) is 10.8 Å². The fourth-order valence-corrected chi connectivity index (χ4v) is 0.822. The topological polar surface area (TPSA) is 0 Å². The molecule has 0 unspecified atom stereocenters. The molecule has 7 heavy (non-hydrogen) atoms. The lowest BCUT2D eigenvalue weighted by molar-refractivity contribution is 0.582. The maximum absolute atomic E-state index is 12.1. The number of rotatable bonds is 1. The molecule has 0 spiro atoms. The van der Waals surface area contributed by atoms with Crippen LogP contribution in [0.4, 0.5) is 4.39 Å². The van der Waals surface area contributed by atoms with Crippen molar-refractivity contribution in [2.24, 2.45) is 5.92 Å². The molecule has 0 atom stereocenters. The first kappa shape index (κ1) is 5.29. The Labute approximate surface area is 50.5 Å². The molecule has 0 aromatic rings. The van der Waals surface area contributed by atoms with Crippen LogP contribution >= 0.6 is 15.9 Å². The summed E-state index contributed by atoms with van der Waals surface area (Å²) in [5.41, 5.74) is 0. The third kappa shape index (κ3) is 1.27. The Morgan fingerprint density at radius 2 is 2.29 bits per heavy atom. The van der Waals surface area contributed by atoms with Gasteiger partial charge in [0, 0.05) is 10.9 Å². The summed E-state index contributed by atoms with van der Waals surface area (Å²) in [4.78, 5) is 1.37. The predicted octanol–water partition coefficient (Wildman–Crippen LogP) is 2.60. The SMILES string of the molecule is FC(=CBr)C1CC1. The lowest BCUT2D eigenvalue weighted by Gasteiger charge is -1.81. The van der Waals surface area contributed by atoms with Crippen LogP contribution in [0.2, 0.25) is 0 Å². The zero-order valence-corrected chi connectivity index (χ0v) is 5.41. The minimum Gasteiger partial charge on any atom is -0.211 e. The summed E-state index contributed by atoms with van der Waals surface area (Å²) in [6.45, 7) is 0. The van der Waals surface area contributed by atoms with Crippen molar-refractivity contribution >= 4 is 15.9 Å². The van der Waals surface area contributed by atoms with Crippen LogP contribution in [-0.4, -0.2) is 0 Å². The molecule has 0 saturated heterocycles. The zero-order valence-electron chi connectivity index (χ0n) is 3.82. The van der Waals surface area contributed by atoms with Gasteiger partial charge in [0.1, 0.15) is 5.83 Å². The second-order valence-electron chi connectivity index (χ2n) is 1.77. The first-order chi connectivity index (χ1) is 3.34. The third-order valence-electron chi connectivity index (χ3n) is 1.07. The molecule has 0 amide bonds. The highest BCUT2D eigenvalue weighted by molar-refractivity contribution is 9.11. The van der Waals surface area contributed by atoms with E-state index in [1.807, 2.05) is 0 Å². The molecule has 0 radical (unpaired) electrons. The van der Waals surface area contributed by atoms with Crippen molar-refractivity contribution in [2.45, 2.75) is 12.8 Å². The molecule has 0 bridgehead atoms. The van der Waals surface area contributed by atoms with Crippen LogP contribution in [0.3, 0.4) is 0 Å². The van der Waals surface area contributed by atoms with E-state index < -0.39 is 0 Å². The molecule has 0 aromatic heterocycles. The third-order valence-corrected chi connectivity index (χ3v) is 1.51. The molecule has 0 aliphatic heterocycles. The monoisotopic (exact) mass is 164 g/mol. The molecular weight excluding hydrogens is 159 g/mol. The van der Waals surface area contributed by atoms with Crippen molar-refractivity contribution in [1.82, 2.24) is 0 Å². The minimum atomic E-state index is 0.000000000000000222. The second-order valence-corrected chi connectivity index (χ2v) is 2.23. The Balaban J connectivity index is 2.37. The van der Waals surface area contributed by atoms with Gasteiger partial charge in [0.15, 0.2) is 0 Å². The highest BCUT2D eigenvalue weighted by Crippen LogP contribution is 2.37. The standard InChI is InChI=1S/C5H6BrF/c6-3-5(7)4-1-2-4/h3-4H,1-2H2. The van der Waals surface area contributed by atoms with Crippen molar-refractivity contribution in [3.63, 3.8) is 0 Å². The van der Waals surface area contributed by atoms with E-state index in [1.165, 1.54) is 4.99 Å². The van der Waals surface area contributed by atoms with Gasteiger partial charge >= 0.3 is 0 Å². The van der Waals surface area contributed by atoms with Crippen LogP contribution in [0.25, 0.3) is 0 Å². The molecule has 0 N–H and O–H groups in total. The first-order valence-corrected chi connectivity index (χ1v) is 3.22. The molecule has 1 fully saturated rings. The van der Waals surface area contributed by atoms with Crippen molar-refractivity contribution in [1.29, 1.82) is 0 Å². The van der Waals surface area contributed by atoms with Gasteiger partial charge in [-0.3, -0.25) is 0 Å². The van der Waals surface area contributed by atoms with E-state index in [4.69, 9.17) is 0 Å². The van der Waals surface area contributed by atoms with E-state index >= 15 is 0 Å². The predicted molar refractivity (Wildman–Crippen MR) is 30.8 cm³/mol. The second kappa shape index (κ2) is 1.95. The van der Waals surface area contributed by atoms with Crippen LogP contribution in [-0.2, 0) is 0 Å². The maximum atomic E-state index is 12.1. The van der Waals surface area contributed by atoms with Gasteiger partial charge in [-0.05, 0) is 12.8 Å². The summed E-state index contributed by atoms with van der Waals surface area (Å²) in [6, 6.07) is 0. The fraction of sp³-hybridized carbons (Fsp3) is 0.600. The number of hydrogen-bond acceptors (Lipinski definition) is 0. The van der Waals surface area contributed by atoms with Crippen LogP contribution in [0.1, 0.15) is 12.8 Å². The van der Waals surface area contributed by atoms with Gasteiger partial charge < -0.3 is 0 Å². The summed E-state index contributed by atoms with van der Waals surface area (Å²) in [5, 5.41) is 0. The summed E-state index contributed by atoms with van der Waals surface area (Å²) < 4.78 is 12.1. The lowest BCUT2D eigenvalue weighted by Crippen LogP contribution is -1.69. The Kier molecular flexibility index (Phi) is 1.47. The smallest absolute Gasteiger partial charge is 0.110 e. The Hall–Kier alpha value is 0.150. The number of allylic oxidation sites excluding steroid dienone is 1. The van der Waals surface area contributed by atoms with E-state index in [0.717, 1.165) is 12.8 Å². The average Bonchev–Trinajstić information content (AvgIpc) is 2.44. The normalized spacial score (nSPS) is 22.9. The van der Waals surface area contributed by atoms with Gasteiger partial charge in [-0.2, -0.15) is 0 Å². The van der Waals surface area contributed by atoms with Crippen LogP contribution in [0, 0.1) is 5.92 Å². The van der Waals surface area contributed by atoms with E-state index in [1.54, 1.807) is 0 Å². The van der Waals surface area contributed by atoms with Crippen LogP contribution < -0.4 is 0 Å². The largest absolute Gasteiger partial charge is 0.211 e. The first-order valence-electron chi connectivity index (χ1n) is 2.30. The summed E-state index contributed by atoms with van der Waals surface area (Å²) in [6.07, 6.45) is 2.07. The Morgan fingerprint density at radius 3 is 2.43 bits per heavy atom. The van der Waals surface area contributed by atoms with E-state index in [0.29, 0.717) is 0 Å². The molecule has 1 rings (SSSR count). The van der Waals surface area contributed by atoms with Crippen molar-refractivity contribution in [3.8, 4) is 0 Å². The Morgan fingerprint density at radius 1 is 1.71 bits per heavy atom. The molecule has 1 aliphatic carbocycles. The summed E-state index contributed by atoms with van der Waals surface area (Å²) in [7, 11) is 0. The van der Waals surface area contributed by atoms with Gasteiger partial charge in [-0.1, -0.05) is 15.9 Å². The average molecular weight is 165 g/mol. The highest BCUT2D eigenvalue weighted by atomic mass is 79.9. The van der Waals surface area contributed by atoms with Gasteiger partial charge in [0.2, 0.25) is 0 Å². The maximum Gasteiger partial charge on any atom is 0.110 e. The van der Waals surface area contributed by atoms with E-state index in [2.05, 4.69) is 15.9 Å².